The molecule has 2 rings (SSSR count). The summed E-state index contributed by atoms with van der Waals surface area (Å²) in [5.41, 5.74) is 0. The summed E-state index contributed by atoms with van der Waals surface area (Å²) in [7, 11) is 3.16. The third kappa shape index (κ3) is 4.31. The van der Waals surface area contributed by atoms with Crippen LogP contribution in [0.4, 0.5) is 0 Å². The van der Waals surface area contributed by atoms with Crippen LogP contribution in [0.3, 0.4) is 0 Å². The maximum absolute atomic E-state index is 12.2. The van der Waals surface area contributed by atoms with Gasteiger partial charge in [0.1, 0.15) is 6.04 Å². The molecule has 1 saturated heterocycles. The average molecular weight is 339 g/mol. The van der Waals surface area contributed by atoms with Crippen LogP contribution in [0.25, 0.3) is 0 Å². The lowest BCUT2D eigenvalue weighted by molar-refractivity contribution is -0.148. The molecule has 1 aromatic carbocycles. The zero-order valence-electron chi connectivity index (χ0n) is 13.3. The SMILES string of the molecule is COc1ccc(SCCC(=O)N2CCC[C@@H]2C(=O)O)cc1OC. The van der Waals surface area contributed by atoms with Crippen LogP contribution >= 0.6 is 11.8 Å². The van der Waals surface area contributed by atoms with Crippen LogP contribution < -0.4 is 9.47 Å². The van der Waals surface area contributed by atoms with Crippen molar-refractivity contribution in [3.05, 3.63) is 18.2 Å². The first-order valence-electron chi connectivity index (χ1n) is 7.44. The van der Waals surface area contributed by atoms with Gasteiger partial charge in [0.25, 0.3) is 0 Å². The smallest absolute Gasteiger partial charge is 0.326 e. The molecule has 0 radical (unpaired) electrons. The molecular formula is C16H21NO5S. The number of thioether (sulfide) groups is 1. The molecule has 1 N–H and O–H groups in total. The lowest BCUT2D eigenvalue weighted by Gasteiger charge is -2.21. The number of hydrogen-bond donors (Lipinski definition) is 1. The lowest BCUT2D eigenvalue weighted by atomic mass is 10.2. The number of ether oxygens (including phenoxy) is 2. The number of nitrogens with zero attached hydrogens (tertiary/aromatic N) is 1. The topological polar surface area (TPSA) is 76.1 Å². The highest BCUT2D eigenvalue weighted by atomic mass is 32.2. The summed E-state index contributed by atoms with van der Waals surface area (Å²) >= 11 is 1.54. The fourth-order valence-electron chi connectivity index (χ4n) is 2.63. The molecule has 1 aromatic rings. The van der Waals surface area contributed by atoms with Crippen molar-refractivity contribution in [1.82, 2.24) is 4.90 Å². The van der Waals surface area contributed by atoms with E-state index in [2.05, 4.69) is 0 Å². The fraction of sp³-hybridized carbons (Fsp3) is 0.500. The van der Waals surface area contributed by atoms with Crippen molar-refractivity contribution < 1.29 is 24.2 Å². The molecule has 0 bridgehead atoms. The zero-order chi connectivity index (χ0) is 16.8. The number of hydrogen-bond acceptors (Lipinski definition) is 5. The molecule has 0 spiro atoms. The zero-order valence-corrected chi connectivity index (χ0v) is 14.1. The molecule has 0 aliphatic carbocycles. The van der Waals surface area contributed by atoms with Crippen molar-refractivity contribution in [2.75, 3.05) is 26.5 Å². The monoisotopic (exact) mass is 339 g/mol. The van der Waals surface area contributed by atoms with Crippen molar-refractivity contribution in [2.45, 2.75) is 30.2 Å². The number of carbonyl (C=O) groups excluding carboxylic acids is 1. The molecule has 1 amide bonds. The Morgan fingerprint density at radius 3 is 2.70 bits per heavy atom. The van der Waals surface area contributed by atoms with Gasteiger partial charge in [0.05, 0.1) is 14.2 Å². The van der Waals surface area contributed by atoms with Crippen molar-refractivity contribution >= 4 is 23.6 Å². The van der Waals surface area contributed by atoms with E-state index in [0.717, 1.165) is 11.3 Å². The maximum Gasteiger partial charge on any atom is 0.326 e. The van der Waals surface area contributed by atoms with E-state index in [4.69, 9.17) is 14.6 Å². The summed E-state index contributed by atoms with van der Waals surface area (Å²) in [5.74, 6) is 0.895. The molecule has 0 aromatic heterocycles. The van der Waals surface area contributed by atoms with Gasteiger partial charge in [0.15, 0.2) is 11.5 Å². The number of amides is 1. The Morgan fingerprint density at radius 2 is 2.04 bits per heavy atom. The predicted molar refractivity (Wildman–Crippen MR) is 87.3 cm³/mol. The summed E-state index contributed by atoms with van der Waals surface area (Å²) in [5, 5.41) is 9.12. The van der Waals surface area contributed by atoms with Gasteiger partial charge >= 0.3 is 5.97 Å². The lowest BCUT2D eigenvalue weighted by Crippen LogP contribution is -2.40. The largest absolute Gasteiger partial charge is 0.493 e. The second-order valence-corrected chi connectivity index (χ2v) is 6.37. The standard InChI is InChI=1S/C16H21NO5S/c1-21-13-6-5-11(10-14(13)22-2)23-9-7-15(18)17-8-3-4-12(17)16(19)20/h5-6,10,12H,3-4,7-9H2,1-2H3,(H,19,20)/t12-/m1/s1. The maximum atomic E-state index is 12.2. The molecule has 1 aliphatic heterocycles. The Labute approximate surface area is 139 Å². The van der Waals surface area contributed by atoms with Gasteiger partial charge in [-0.15, -0.1) is 11.8 Å². The molecule has 1 atom stereocenters. The second-order valence-electron chi connectivity index (χ2n) is 5.20. The van der Waals surface area contributed by atoms with E-state index < -0.39 is 12.0 Å². The number of carbonyl (C=O) groups is 2. The van der Waals surface area contributed by atoms with Gasteiger partial charge in [-0.25, -0.2) is 4.79 Å². The van der Waals surface area contributed by atoms with Gasteiger partial charge in [-0.2, -0.15) is 0 Å². The Kier molecular flexibility index (Phi) is 6.15. The molecular weight excluding hydrogens is 318 g/mol. The van der Waals surface area contributed by atoms with E-state index in [1.54, 1.807) is 14.2 Å². The van der Waals surface area contributed by atoms with Crippen LogP contribution in [0.5, 0.6) is 11.5 Å². The first kappa shape index (κ1) is 17.5. The summed E-state index contributed by atoms with van der Waals surface area (Å²) in [6.07, 6.45) is 1.62. The van der Waals surface area contributed by atoms with Crippen LogP contribution in [0.15, 0.2) is 23.1 Å². The molecule has 126 valence electrons. The molecule has 7 heteroatoms. The summed E-state index contributed by atoms with van der Waals surface area (Å²) in [6.45, 7) is 0.539. The predicted octanol–water partition coefficient (Wildman–Crippen LogP) is 2.26. The molecule has 0 unspecified atom stereocenters. The first-order chi connectivity index (χ1) is 11.1. The number of benzene rings is 1. The number of methoxy groups -OCH3 is 2. The summed E-state index contributed by atoms with van der Waals surface area (Å²) in [6, 6.07) is 4.94. The van der Waals surface area contributed by atoms with Gasteiger partial charge in [-0.3, -0.25) is 4.79 Å². The number of rotatable bonds is 7. The quantitative estimate of drug-likeness (QED) is 0.768. The Hall–Kier alpha value is -1.89. The molecule has 1 aliphatic rings. The summed E-state index contributed by atoms with van der Waals surface area (Å²) in [4.78, 5) is 25.8. The minimum atomic E-state index is -0.914. The highest BCUT2D eigenvalue weighted by molar-refractivity contribution is 7.99. The van der Waals surface area contributed by atoms with Crippen molar-refractivity contribution in [3.63, 3.8) is 0 Å². The van der Waals surface area contributed by atoms with Gasteiger partial charge in [0, 0.05) is 23.6 Å². The first-order valence-corrected chi connectivity index (χ1v) is 8.42. The van der Waals surface area contributed by atoms with Gasteiger partial charge in [-0.1, -0.05) is 0 Å². The van der Waals surface area contributed by atoms with Crippen LogP contribution in [0.1, 0.15) is 19.3 Å². The van der Waals surface area contributed by atoms with Gasteiger partial charge in [0.2, 0.25) is 5.91 Å². The van der Waals surface area contributed by atoms with Crippen molar-refractivity contribution in [3.8, 4) is 11.5 Å². The van der Waals surface area contributed by atoms with Crippen molar-refractivity contribution in [2.24, 2.45) is 0 Å². The van der Waals surface area contributed by atoms with E-state index >= 15 is 0 Å². The average Bonchev–Trinajstić information content (AvgIpc) is 3.04. The third-order valence-electron chi connectivity index (χ3n) is 3.80. The molecule has 6 nitrogen and oxygen atoms in total. The van der Waals surface area contributed by atoms with Crippen molar-refractivity contribution in [1.29, 1.82) is 0 Å². The molecule has 1 heterocycles. The molecule has 0 saturated carbocycles. The number of likely N-dealkylation sites (tertiary alicyclic amines) is 1. The van der Waals surface area contributed by atoms with Crippen LogP contribution in [-0.2, 0) is 9.59 Å². The van der Waals surface area contributed by atoms with Crippen LogP contribution in [0, 0.1) is 0 Å². The minimum absolute atomic E-state index is 0.0946. The van der Waals surface area contributed by atoms with E-state index in [1.807, 2.05) is 18.2 Å². The highest BCUT2D eigenvalue weighted by Gasteiger charge is 2.33. The Bertz CT molecular complexity index is 578. The van der Waals surface area contributed by atoms with E-state index in [1.165, 1.54) is 16.7 Å². The Morgan fingerprint density at radius 1 is 1.30 bits per heavy atom. The van der Waals surface area contributed by atoms with Gasteiger partial charge in [-0.05, 0) is 31.0 Å². The highest BCUT2D eigenvalue weighted by Crippen LogP contribution is 2.32. The number of carboxylic acid groups (broad SMARTS) is 1. The molecule has 1 fully saturated rings. The summed E-state index contributed by atoms with van der Waals surface area (Å²) < 4.78 is 10.4. The third-order valence-corrected chi connectivity index (χ3v) is 4.79. The van der Waals surface area contributed by atoms with E-state index in [0.29, 0.717) is 36.6 Å². The second kappa shape index (κ2) is 8.10. The Balaban J connectivity index is 1.87. The minimum Gasteiger partial charge on any atom is -0.493 e. The number of carboxylic acids is 1. The van der Waals surface area contributed by atoms with Crippen LogP contribution in [0.2, 0.25) is 0 Å². The van der Waals surface area contributed by atoms with Crippen LogP contribution in [-0.4, -0.2) is 54.4 Å². The van der Waals surface area contributed by atoms with Gasteiger partial charge < -0.3 is 19.5 Å². The van der Waals surface area contributed by atoms with E-state index in [9.17, 15) is 9.59 Å². The number of aliphatic carboxylic acids is 1. The molecule has 23 heavy (non-hydrogen) atoms. The normalized spacial score (nSPS) is 17.1. The van der Waals surface area contributed by atoms with E-state index in [-0.39, 0.29) is 5.91 Å². The fourth-order valence-corrected chi connectivity index (χ4v) is 3.50.